The van der Waals surface area contributed by atoms with Crippen molar-refractivity contribution in [3.05, 3.63) is 93.2 Å². The third-order valence-electron chi connectivity index (χ3n) is 10.8. The van der Waals surface area contributed by atoms with Crippen LogP contribution in [0.5, 0.6) is 34.5 Å². The molecule has 312 valence electrons. The molecule has 2 fully saturated rings. The maximum atomic E-state index is 15.0. The minimum atomic E-state index is -0.775. The summed E-state index contributed by atoms with van der Waals surface area (Å²) in [5.74, 6) is 1.96. The molecule has 0 N–H and O–H groups in total. The van der Waals surface area contributed by atoms with Crippen molar-refractivity contribution >= 4 is 23.2 Å². The molecular weight excluding hydrogens is 761 g/mol. The summed E-state index contributed by atoms with van der Waals surface area (Å²) in [5.41, 5.74) is 2.50. The van der Waals surface area contributed by atoms with Crippen LogP contribution < -0.4 is 28.4 Å². The summed E-state index contributed by atoms with van der Waals surface area (Å²) in [6, 6.07) is 20.4. The van der Waals surface area contributed by atoms with Crippen molar-refractivity contribution in [1.29, 1.82) is 0 Å². The van der Waals surface area contributed by atoms with E-state index in [1.54, 1.807) is 51.8 Å². The quantitative estimate of drug-likeness (QED) is 0.0948. The third kappa shape index (κ3) is 10.4. The molecule has 0 saturated carbocycles. The van der Waals surface area contributed by atoms with Crippen molar-refractivity contribution in [2.45, 2.75) is 57.1 Å². The predicted molar refractivity (Wildman–Crippen MR) is 222 cm³/mol. The molecule has 0 unspecified atom stereocenters. The van der Waals surface area contributed by atoms with E-state index in [0.29, 0.717) is 72.5 Å². The molecule has 0 aliphatic carbocycles. The van der Waals surface area contributed by atoms with E-state index in [1.165, 1.54) is 0 Å². The minimum Gasteiger partial charge on any atom is -0.493 e. The fourth-order valence-electron chi connectivity index (χ4n) is 7.68. The van der Waals surface area contributed by atoms with E-state index < -0.39 is 24.0 Å². The number of methoxy groups -OCH3 is 5. The highest BCUT2D eigenvalue weighted by Crippen LogP contribution is 2.43. The van der Waals surface area contributed by atoms with Crippen LogP contribution in [0.4, 0.5) is 0 Å². The van der Waals surface area contributed by atoms with Crippen LogP contribution in [0.3, 0.4) is 0 Å². The zero-order valence-electron chi connectivity index (χ0n) is 34.5. The van der Waals surface area contributed by atoms with Crippen molar-refractivity contribution in [2.24, 2.45) is 0 Å². The first-order chi connectivity index (χ1) is 28.3. The first kappa shape index (κ1) is 42.6. The van der Waals surface area contributed by atoms with Crippen molar-refractivity contribution in [3.63, 3.8) is 0 Å². The number of esters is 1. The lowest BCUT2D eigenvalue weighted by Crippen LogP contribution is -2.50. The van der Waals surface area contributed by atoms with E-state index in [2.05, 4.69) is 4.90 Å². The molecule has 3 atom stereocenters. The lowest BCUT2D eigenvalue weighted by atomic mass is 9.92. The standard InChI is InChI=1S/C45H56N2O10S/c1-30-13-18-41(58-30)42(33-28-39(52-4)43(54-6)40(29-33)53-5)44(48)47-19-8-7-12-35(47)45(49)57-36(16-14-31-15-17-37(50-2)38(26-31)51-3)32-10-9-11-34(27-32)56-25-22-46-20-23-55-24-21-46/h9-11,13,15,17-18,26-29,35-36,42H,7-8,12,14,16,19-25H2,1-6H3/t35-,36+,42+/m0/s1. The van der Waals surface area contributed by atoms with Gasteiger partial charge in [0.15, 0.2) is 23.0 Å². The molecule has 4 aromatic rings. The van der Waals surface area contributed by atoms with Gasteiger partial charge in [-0.05, 0) is 104 Å². The number of benzene rings is 3. The van der Waals surface area contributed by atoms with Crippen LogP contribution in [0.15, 0.2) is 66.7 Å². The number of piperidine rings is 1. The average Bonchev–Trinajstić information content (AvgIpc) is 3.69. The number of rotatable bonds is 18. The summed E-state index contributed by atoms with van der Waals surface area (Å²) >= 11 is 1.55. The lowest BCUT2D eigenvalue weighted by Gasteiger charge is -2.37. The molecule has 6 rings (SSSR count). The van der Waals surface area contributed by atoms with Gasteiger partial charge in [0, 0.05) is 35.9 Å². The SMILES string of the molecule is COc1ccc(CC[C@@H](OC(=O)[C@@H]2CCCCN2C(=O)[C@H](c2cc(OC)c(OC)c(OC)c2)c2ccc(C)s2)c2cccc(OCCN3CCOCC3)c2)cc1OC. The number of aryl methyl sites for hydroxylation is 2. The van der Waals surface area contributed by atoms with E-state index in [9.17, 15) is 9.59 Å². The molecule has 1 aromatic heterocycles. The van der Waals surface area contributed by atoms with Crippen molar-refractivity contribution < 1.29 is 47.5 Å². The largest absolute Gasteiger partial charge is 0.493 e. The van der Waals surface area contributed by atoms with Gasteiger partial charge in [0.1, 0.15) is 24.5 Å². The highest BCUT2D eigenvalue weighted by molar-refractivity contribution is 7.12. The first-order valence-corrected chi connectivity index (χ1v) is 20.7. The number of thiophene rings is 1. The van der Waals surface area contributed by atoms with Gasteiger partial charge in [-0.2, -0.15) is 0 Å². The molecule has 3 heterocycles. The summed E-state index contributed by atoms with van der Waals surface area (Å²) < 4.78 is 46.2. The van der Waals surface area contributed by atoms with Gasteiger partial charge in [0.05, 0.1) is 54.7 Å². The molecule has 13 heteroatoms. The van der Waals surface area contributed by atoms with Crippen LogP contribution >= 0.6 is 11.3 Å². The summed E-state index contributed by atoms with van der Waals surface area (Å²) in [6.07, 6.45) is 2.51. The summed E-state index contributed by atoms with van der Waals surface area (Å²) in [6.45, 7) is 6.97. The van der Waals surface area contributed by atoms with Gasteiger partial charge in [0.2, 0.25) is 11.7 Å². The fraction of sp³-hybridized carbons (Fsp3) is 0.467. The zero-order chi connectivity index (χ0) is 41.0. The lowest BCUT2D eigenvalue weighted by molar-refractivity contribution is -0.162. The first-order valence-electron chi connectivity index (χ1n) is 19.9. The van der Waals surface area contributed by atoms with Gasteiger partial charge < -0.3 is 42.8 Å². The number of likely N-dealkylation sites (tertiary alicyclic amines) is 1. The van der Waals surface area contributed by atoms with Gasteiger partial charge in [-0.15, -0.1) is 11.3 Å². The summed E-state index contributed by atoms with van der Waals surface area (Å²) in [4.78, 5) is 35.5. The van der Waals surface area contributed by atoms with Gasteiger partial charge in [-0.3, -0.25) is 9.69 Å². The highest BCUT2D eigenvalue weighted by Gasteiger charge is 2.39. The Hall–Kier alpha value is -4.98. The number of morpholine rings is 1. The third-order valence-corrected chi connectivity index (χ3v) is 11.8. The number of amides is 1. The van der Waals surface area contributed by atoms with Gasteiger partial charge in [-0.25, -0.2) is 4.79 Å². The smallest absolute Gasteiger partial charge is 0.329 e. The second-order valence-corrected chi connectivity index (χ2v) is 15.7. The molecule has 2 aliphatic heterocycles. The highest BCUT2D eigenvalue weighted by atomic mass is 32.1. The molecular formula is C45H56N2O10S. The molecule has 12 nitrogen and oxygen atoms in total. The Bertz CT molecular complexity index is 1950. The molecule has 3 aromatic carbocycles. The second-order valence-electron chi connectivity index (χ2n) is 14.4. The maximum absolute atomic E-state index is 15.0. The molecule has 2 saturated heterocycles. The topological polar surface area (TPSA) is 114 Å². The van der Waals surface area contributed by atoms with Crippen LogP contribution in [0.2, 0.25) is 0 Å². The average molecular weight is 817 g/mol. The van der Waals surface area contributed by atoms with Crippen LogP contribution in [0.1, 0.15) is 64.1 Å². The van der Waals surface area contributed by atoms with E-state index in [4.69, 9.17) is 37.9 Å². The van der Waals surface area contributed by atoms with E-state index in [0.717, 1.165) is 66.6 Å². The fourth-order valence-corrected chi connectivity index (χ4v) is 8.68. The Morgan fingerprint density at radius 1 is 0.793 bits per heavy atom. The van der Waals surface area contributed by atoms with E-state index in [1.807, 2.05) is 73.7 Å². The number of hydrogen-bond acceptors (Lipinski definition) is 12. The molecule has 0 radical (unpaired) electrons. The van der Waals surface area contributed by atoms with Crippen molar-refractivity contribution in [3.8, 4) is 34.5 Å². The van der Waals surface area contributed by atoms with Crippen LogP contribution in [-0.2, 0) is 25.5 Å². The van der Waals surface area contributed by atoms with Gasteiger partial charge >= 0.3 is 5.97 Å². The predicted octanol–water partition coefficient (Wildman–Crippen LogP) is 7.24. The monoisotopic (exact) mass is 816 g/mol. The number of nitrogens with zero attached hydrogens (tertiary/aromatic N) is 2. The molecule has 0 bridgehead atoms. The molecule has 58 heavy (non-hydrogen) atoms. The normalized spacial score (nSPS) is 16.9. The Morgan fingerprint density at radius 2 is 1.53 bits per heavy atom. The number of carbonyl (C=O) groups is 2. The Labute approximate surface area is 345 Å². The Kier molecular flexibility index (Phi) is 15.2. The number of ether oxygens (including phenoxy) is 8. The van der Waals surface area contributed by atoms with E-state index >= 15 is 0 Å². The molecule has 2 aliphatic rings. The zero-order valence-corrected chi connectivity index (χ0v) is 35.3. The van der Waals surface area contributed by atoms with Gasteiger partial charge in [0.25, 0.3) is 0 Å². The number of hydrogen-bond donors (Lipinski definition) is 0. The second kappa shape index (κ2) is 20.6. The Morgan fingerprint density at radius 3 is 2.21 bits per heavy atom. The summed E-state index contributed by atoms with van der Waals surface area (Å²) in [7, 11) is 7.88. The van der Waals surface area contributed by atoms with Crippen molar-refractivity contribution in [1.82, 2.24) is 9.80 Å². The van der Waals surface area contributed by atoms with Gasteiger partial charge in [-0.1, -0.05) is 18.2 Å². The minimum absolute atomic E-state index is 0.185. The van der Waals surface area contributed by atoms with E-state index in [-0.39, 0.29) is 5.91 Å². The summed E-state index contributed by atoms with van der Waals surface area (Å²) in [5, 5.41) is 0. The van der Waals surface area contributed by atoms with Crippen molar-refractivity contribution in [2.75, 3.05) is 81.5 Å². The van der Waals surface area contributed by atoms with Crippen LogP contribution in [0, 0.1) is 6.92 Å². The Balaban J connectivity index is 1.27. The molecule has 1 amide bonds. The number of carbonyl (C=O) groups excluding carboxylic acids is 2. The van der Waals surface area contributed by atoms with Crippen LogP contribution in [-0.4, -0.2) is 109 Å². The van der Waals surface area contributed by atoms with Crippen LogP contribution in [0.25, 0.3) is 0 Å². The maximum Gasteiger partial charge on any atom is 0.329 e. The molecule has 0 spiro atoms.